The van der Waals surface area contributed by atoms with E-state index >= 15 is 0 Å². The minimum absolute atomic E-state index is 0.0976. The Morgan fingerprint density at radius 2 is 2.06 bits per heavy atom. The third-order valence-corrected chi connectivity index (χ3v) is 5.79. The van der Waals surface area contributed by atoms with Gasteiger partial charge in [0.2, 0.25) is 5.54 Å². The summed E-state index contributed by atoms with van der Waals surface area (Å²) in [5.74, 6) is 4.99. The van der Waals surface area contributed by atoms with Gasteiger partial charge in [0.15, 0.2) is 5.88 Å². The van der Waals surface area contributed by atoms with Crippen molar-refractivity contribution >= 4 is 34.5 Å². The van der Waals surface area contributed by atoms with Gasteiger partial charge in [-0.15, -0.1) is 11.8 Å². The van der Waals surface area contributed by atoms with Gasteiger partial charge in [0.25, 0.3) is 5.91 Å². The minimum atomic E-state index is -1.64. The number of thioether (sulfide) groups is 1. The summed E-state index contributed by atoms with van der Waals surface area (Å²) in [6.07, 6.45) is 3.48. The second-order valence-corrected chi connectivity index (χ2v) is 7.79. The summed E-state index contributed by atoms with van der Waals surface area (Å²) in [5, 5.41) is 16.7. The second kappa shape index (κ2) is 7.89. The second-order valence-electron chi connectivity index (χ2n) is 6.94. The average molecular weight is 439 g/mol. The Hall–Kier alpha value is -3.64. The molecule has 0 bridgehead atoms. The van der Waals surface area contributed by atoms with Crippen molar-refractivity contribution in [1.82, 2.24) is 15.2 Å². The molecule has 158 valence electrons. The van der Waals surface area contributed by atoms with Crippen LogP contribution in [0.15, 0.2) is 47.5 Å². The van der Waals surface area contributed by atoms with Crippen LogP contribution >= 0.6 is 11.8 Å². The molecular weight excluding hydrogens is 421 g/mol. The first kappa shape index (κ1) is 20.6. The summed E-state index contributed by atoms with van der Waals surface area (Å²) < 4.78 is 20.4. The van der Waals surface area contributed by atoms with Crippen LogP contribution in [0.3, 0.4) is 0 Å². The van der Waals surface area contributed by atoms with Gasteiger partial charge in [-0.3, -0.25) is 10.1 Å². The van der Waals surface area contributed by atoms with Crippen molar-refractivity contribution in [3.8, 4) is 23.5 Å². The summed E-state index contributed by atoms with van der Waals surface area (Å²) in [6, 6.07) is 8.70. The van der Waals surface area contributed by atoms with Crippen LogP contribution in [-0.2, 0) is 11.3 Å². The number of imide groups is 1. The van der Waals surface area contributed by atoms with E-state index < -0.39 is 23.3 Å². The van der Waals surface area contributed by atoms with Crippen LogP contribution in [0, 0.1) is 17.7 Å². The van der Waals surface area contributed by atoms with E-state index in [0.29, 0.717) is 16.7 Å². The van der Waals surface area contributed by atoms with Crippen molar-refractivity contribution < 1.29 is 23.8 Å². The zero-order chi connectivity index (χ0) is 22.2. The molecule has 0 unspecified atom stereocenters. The molecule has 0 aliphatic carbocycles. The molecule has 1 aromatic heterocycles. The smallest absolute Gasteiger partial charge is 0.323 e. The first-order valence-electron chi connectivity index (χ1n) is 9.21. The number of amides is 3. The van der Waals surface area contributed by atoms with Crippen molar-refractivity contribution in [2.24, 2.45) is 0 Å². The highest BCUT2D eigenvalue weighted by molar-refractivity contribution is 7.98. The molecule has 1 aliphatic rings. The lowest BCUT2D eigenvalue weighted by Gasteiger charge is -2.21. The number of methoxy groups -OCH3 is 1. The first-order chi connectivity index (χ1) is 14.8. The lowest BCUT2D eigenvalue weighted by atomic mass is 9.99. The van der Waals surface area contributed by atoms with Gasteiger partial charge in [0, 0.05) is 27.4 Å². The number of carbonyl (C=O) groups is 2. The van der Waals surface area contributed by atoms with Crippen molar-refractivity contribution in [3.05, 3.63) is 54.0 Å². The normalized spacial score (nSPS) is 17.8. The number of benzene rings is 2. The van der Waals surface area contributed by atoms with Gasteiger partial charge >= 0.3 is 6.03 Å². The molecular formula is C22H18FN3O4S. The maximum Gasteiger partial charge on any atom is 0.323 e. The highest BCUT2D eigenvalue weighted by Crippen LogP contribution is 2.32. The number of halogens is 1. The standard InChI is InChI=1S/C22H18FN3O4S/c1-30-16-5-3-14-11-26(19(27)17(14)10-16)12-22(20(28)24-21(29)25-22)8-7-13-9-15(23)4-6-18(13)31-2/h3-6,9-11,27H,12H2,1-2H3,(H2,24,25,28,29)/t22-/m1/s1. The van der Waals surface area contributed by atoms with Crippen LogP contribution in [-0.4, -0.2) is 40.5 Å². The Kier molecular flexibility index (Phi) is 5.25. The number of aromatic hydroxyl groups is 1. The van der Waals surface area contributed by atoms with E-state index in [1.54, 1.807) is 30.5 Å². The number of aromatic nitrogens is 1. The largest absolute Gasteiger partial charge is 0.497 e. The molecule has 4 rings (SSSR count). The molecule has 3 N–H and O–H groups in total. The Morgan fingerprint density at radius 3 is 2.74 bits per heavy atom. The molecule has 0 spiro atoms. The summed E-state index contributed by atoms with van der Waals surface area (Å²) >= 11 is 1.39. The number of fused-ring (bicyclic) bond motifs is 1. The van der Waals surface area contributed by atoms with E-state index in [0.717, 1.165) is 10.3 Å². The highest BCUT2D eigenvalue weighted by atomic mass is 32.2. The van der Waals surface area contributed by atoms with E-state index in [1.807, 2.05) is 6.26 Å². The molecule has 0 radical (unpaired) electrons. The molecule has 2 heterocycles. The predicted octanol–water partition coefficient (Wildman–Crippen LogP) is 2.85. The van der Waals surface area contributed by atoms with E-state index in [1.165, 1.54) is 35.6 Å². The summed E-state index contributed by atoms with van der Waals surface area (Å²) in [5.41, 5.74) is -1.25. The quantitative estimate of drug-likeness (QED) is 0.330. The highest BCUT2D eigenvalue weighted by Gasteiger charge is 2.46. The molecule has 31 heavy (non-hydrogen) atoms. The molecule has 3 aromatic rings. The topological polar surface area (TPSA) is 92.6 Å². The number of rotatable bonds is 4. The monoisotopic (exact) mass is 439 g/mol. The van der Waals surface area contributed by atoms with Crippen LogP contribution in [0.2, 0.25) is 0 Å². The SMILES string of the molecule is COc1ccc2cn(C[C@@]3(C#Cc4cc(F)ccc4SC)NC(=O)NC3=O)c(O)c2c1. The molecule has 3 amide bonds. The molecule has 1 atom stereocenters. The number of urea groups is 1. The number of ether oxygens (including phenoxy) is 1. The molecule has 1 saturated heterocycles. The Balaban J connectivity index is 1.78. The molecule has 0 saturated carbocycles. The van der Waals surface area contributed by atoms with Gasteiger partial charge in [-0.1, -0.05) is 11.8 Å². The Bertz CT molecular complexity index is 1280. The van der Waals surface area contributed by atoms with E-state index in [9.17, 15) is 19.1 Å². The third-order valence-electron chi connectivity index (χ3n) is 4.99. The fourth-order valence-corrected chi connectivity index (χ4v) is 3.94. The first-order valence-corrected chi connectivity index (χ1v) is 10.4. The van der Waals surface area contributed by atoms with Crippen molar-refractivity contribution in [2.75, 3.05) is 13.4 Å². The molecule has 7 nitrogen and oxygen atoms in total. The molecule has 9 heteroatoms. The number of nitrogens with one attached hydrogen (secondary N) is 2. The van der Waals surface area contributed by atoms with Crippen LogP contribution in [0.5, 0.6) is 11.6 Å². The van der Waals surface area contributed by atoms with Gasteiger partial charge in [-0.2, -0.15) is 0 Å². The van der Waals surface area contributed by atoms with Gasteiger partial charge < -0.3 is 19.7 Å². The Labute approximate surface area is 181 Å². The van der Waals surface area contributed by atoms with Gasteiger partial charge in [-0.25, -0.2) is 9.18 Å². The lowest BCUT2D eigenvalue weighted by molar-refractivity contribution is -0.122. The van der Waals surface area contributed by atoms with Gasteiger partial charge in [-0.05, 0) is 42.7 Å². The van der Waals surface area contributed by atoms with E-state index in [-0.39, 0.29) is 12.4 Å². The van der Waals surface area contributed by atoms with Gasteiger partial charge in [0.1, 0.15) is 11.6 Å². The summed E-state index contributed by atoms with van der Waals surface area (Å²) in [7, 11) is 1.52. The lowest BCUT2D eigenvalue weighted by Crippen LogP contribution is -2.49. The number of nitrogens with zero attached hydrogens (tertiary/aromatic N) is 1. The Morgan fingerprint density at radius 1 is 1.26 bits per heavy atom. The maximum atomic E-state index is 13.7. The predicted molar refractivity (Wildman–Crippen MR) is 115 cm³/mol. The third kappa shape index (κ3) is 3.78. The van der Waals surface area contributed by atoms with E-state index in [4.69, 9.17) is 4.74 Å². The minimum Gasteiger partial charge on any atom is -0.497 e. The fraction of sp³-hybridized carbons (Fsp3) is 0.182. The molecule has 1 fully saturated rings. The van der Waals surface area contributed by atoms with Crippen molar-refractivity contribution in [3.63, 3.8) is 0 Å². The van der Waals surface area contributed by atoms with E-state index in [2.05, 4.69) is 22.5 Å². The van der Waals surface area contributed by atoms with Crippen molar-refractivity contribution in [2.45, 2.75) is 17.0 Å². The van der Waals surface area contributed by atoms with Crippen LogP contribution < -0.4 is 15.4 Å². The summed E-state index contributed by atoms with van der Waals surface area (Å²) in [4.78, 5) is 25.3. The molecule has 2 aromatic carbocycles. The maximum absolute atomic E-state index is 13.7. The van der Waals surface area contributed by atoms with Gasteiger partial charge in [0.05, 0.1) is 13.7 Å². The average Bonchev–Trinajstić information content (AvgIpc) is 3.21. The zero-order valence-corrected chi connectivity index (χ0v) is 17.5. The van der Waals surface area contributed by atoms with Crippen LogP contribution in [0.25, 0.3) is 10.8 Å². The van der Waals surface area contributed by atoms with Crippen molar-refractivity contribution in [1.29, 1.82) is 0 Å². The zero-order valence-electron chi connectivity index (χ0n) is 16.7. The van der Waals surface area contributed by atoms with Crippen LogP contribution in [0.4, 0.5) is 9.18 Å². The summed E-state index contributed by atoms with van der Waals surface area (Å²) in [6.45, 7) is -0.148. The number of hydrogen-bond donors (Lipinski definition) is 3. The number of carbonyl (C=O) groups excluding carboxylic acids is 2. The van der Waals surface area contributed by atoms with Crippen LogP contribution in [0.1, 0.15) is 5.56 Å². The number of hydrogen-bond acceptors (Lipinski definition) is 5. The fourth-order valence-electron chi connectivity index (χ4n) is 3.41. The molecule has 1 aliphatic heterocycles.